The Labute approximate surface area is 193 Å². The highest BCUT2D eigenvalue weighted by atomic mass is 19.4. The van der Waals surface area contributed by atoms with Crippen LogP contribution in [0.1, 0.15) is 34.2 Å². The lowest BCUT2D eigenvalue weighted by atomic mass is 10.0. The van der Waals surface area contributed by atoms with Crippen LogP contribution < -0.4 is 0 Å². The summed E-state index contributed by atoms with van der Waals surface area (Å²) < 4.78 is 44.8. The molecule has 13 heteroatoms. The van der Waals surface area contributed by atoms with Crippen molar-refractivity contribution in [1.29, 1.82) is 0 Å². The van der Waals surface area contributed by atoms with Crippen molar-refractivity contribution in [2.45, 2.75) is 33.1 Å². The van der Waals surface area contributed by atoms with E-state index in [2.05, 4.69) is 30.5 Å². The van der Waals surface area contributed by atoms with E-state index in [-0.39, 0.29) is 12.5 Å². The number of halogens is 3. The molecule has 1 aromatic carbocycles. The molecule has 1 amide bonds. The summed E-state index contributed by atoms with van der Waals surface area (Å²) in [6.45, 7) is 6.21. The molecule has 0 unspecified atom stereocenters. The predicted octanol–water partition coefficient (Wildman–Crippen LogP) is 2.10. The van der Waals surface area contributed by atoms with E-state index in [1.165, 1.54) is 23.0 Å². The fourth-order valence-electron chi connectivity index (χ4n) is 3.61. The van der Waals surface area contributed by atoms with Gasteiger partial charge in [-0.25, -0.2) is 0 Å². The van der Waals surface area contributed by atoms with E-state index in [0.29, 0.717) is 61.4 Å². The molecule has 1 saturated heterocycles. The minimum Gasteiger partial charge on any atom is -0.338 e. The molecule has 0 N–H and O–H groups in total. The molecule has 0 saturated carbocycles. The van der Waals surface area contributed by atoms with Crippen molar-refractivity contribution in [2.75, 3.05) is 26.2 Å². The van der Waals surface area contributed by atoms with Crippen LogP contribution in [0.4, 0.5) is 13.2 Å². The van der Waals surface area contributed by atoms with Crippen LogP contribution in [-0.2, 0) is 24.1 Å². The van der Waals surface area contributed by atoms with Crippen LogP contribution in [0.2, 0.25) is 0 Å². The summed E-state index contributed by atoms with van der Waals surface area (Å²) in [7, 11) is 0. The van der Waals surface area contributed by atoms with Crippen LogP contribution in [0, 0.1) is 13.8 Å². The standard InChI is InChI=1S/C21H23F3N8O2/c1-14-25-19(34-28-14)13-30-7-9-31(10-8-30)20(33)6-4-16-3-5-18(21(22,23)24)11-17(16)12-32-27-15(2)26-29-32/h3-6,11H,7-10,12-13H2,1-2H3. The molecule has 3 aromatic rings. The average Bonchev–Trinajstić information content (AvgIpc) is 3.39. The van der Waals surface area contributed by atoms with Gasteiger partial charge in [0.05, 0.1) is 18.7 Å². The Bertz CT molecular complexity index is 1180. The van der Waals surface area contributed by atoms with Gasteiger partial charge in [0.1, 0.15) is 0 Å². The summed E-state index contributed by atoms with van der Waals surface area (Å²) in [5, 5.41) is 15.4. The van der Waals surface area contributed by atoms with Gasteiger partial charge in [0.25, 0.3) is 0 Å². The number of tetrazole rings is 1. The Morgan fingerprint density at radius 3 is 2.50 bits per heavy atom. The molecule has 0 spiro atoms. The van der Waals surface area contributed by atoms with Crippen molar-refractivity contribution >= 4 is 12.0 Å². The number of hydrogen-bond donors (Lipinski definition) is 0. The second-order valence-corrected chi connectivity index (χ2v) is 7.95. The van der Waals surface area contributed by atoms with Crippen molar-refractivity contribution in [2.24, 2.45) is 0 Å². The third-order valence-corrected chi connectivity index (χ3v) is 5.35. The second-order valence-electron chi connectivity index (χ2n) is 7.95. The lowest BCUT2D eigenvalue weighted by Crippen LogP contribution is -2.47. The number of rotatable bonds is 6. The van der Waals surface area contributed by atoms with E-state index in [1.54, 1.807) is 18.7 Å². The maximum Gasteiger partial charge on any atom is 0.416 e. The molecule has 0 aliphatic carbocycles. The molecule has 4 rings (SSSR count). The monoisotopic (exact) mass is 476 g/mol. The Balaban J connectivity index is 1.42. The lowest BCUT2D eigenvalue weighted by Gasteiger charge is -2.33. The Morgan fingerprint density at radius 1 is 1.12 bits per heavy atom. The van der Waals surface area contributed by atoms with Crippen molar-refractivity contribution < 1.29 is 22.5 Å². The highest BCUT2D eigenvalue weighted by Gasteiger charge is 2.31. The minimum absolute atomic E-state index is 0.00750. The molecule has 10 nitrogen and oxygen atoms in total. The molecule has 3 heterocycles. The fourth-order valence-corrected chi connectivity index (χ4v) is 3.61. The first-order valence-electron chi connectivity index (χ1n) is 10.6. The number of piperazine rings is 1. The topological polar surface area (TPSA) is 106 Å². The molecule has 0 bridgehead atoms. The van der Waals surface area contributed by atoms with Crippen molar-refractivity contribution in [3.8, 4) is 0 Å². The van der Waals surface area contributed by atoms with Crippen LogP contribution >= 0.6 is 0 Å². The number of carbonyl (C=O) groups is 1. The summed E-state index contributed by atoms with van der Waals surface area (Å²) >= 11 is 0. The van der Waals surface area contributed by atoms with Gasteiger partial charge in [0, 0.05) is 32.3 Å². The van der Waals surface area contributed by atoms with Crippen molar-refractivity contribution in [3.63, 3.8) is 0 Å². The minimum atomic E-state index is -4.49. The van der Waals surface area contributed by atoms with E-state index in [4.69, 9.17) is 4.52 Å². The lowest BCUT2D eigenvalue weighted by molar-refractivity contribution is -0.137. The Kier molecular flexibility index (Phi) is 6.72. The molecule has 2 aromatic heterocycles. The van der Waals surface area contributed by atoms with Gasteiger partial charge < -0.3 is 9.42 Å². The molecule has 1 aliphatic heterocycles. The number of benzene rings is 1. The quantitative estimate of drug-likeness (QED) is 0.498. The molecule has 1 fully saturated rings. The molecule has 34 heavy (non-hydrogen) atoms. The van der Waals surface area contributed by atoms with Gasteiger partial charge in [0.2, 0.25) is 11.8 Å². The van der Waals surface area contributed by atoms with Crippen LogP contribution in [-0.4, -0.2) is 72.2 Å². The van der Waals surface area contributed by atoms with Crippen molar-refractivity contribution in [1.82, 2.24) is 40.1 Å². The fraction of sp³-hybridized carbons (Fsp3) is 0.429. The maximum absolute atomic E-state index is 13.2. The molecular weight excluding hydrogens is 453 g/mol. The van der Waals surface area contributed by atoms with Gasteiger partial charge >= 0.3 is 6.18 Å². The van der Waals surface area contributed by atoms with Gasteiger partial charge in [-0.15, -0.1) is 10.2 Å². The highest BCUT2D eigenvalue weighted by molar-refractivity contribution is 5.92. The second kappa shape index (κ2) is 9.71. The van der Waals surface area contributed by atoms with E-state index >= 15 is 0 Å². The number of alkyl halides is 3. The average molecular weight is 476 g/mol. The largest absolute Gasteiger partial charge is 0.416 e. The third kappa shape index (κ3) is 5.84. The van der Waals surface area contributed by atoms with E-state index < -0.39 is 11.7 Å². The zero-order valence-electron chi connectivity index (χ0n) is 18.7. The van der Waals surface area contributed by atoms with Crippen LogP contribution in [0.15, 0.2) is 28.8 Å². The SMILES string of the molecule is Cc1noc(CN2CCN(C(=O)C=Cc3ccc(C(F)(F)F)cc3Cn3nnc(C)n3)CC2)n1. The summed E-state index contributed by atoms with van der Waals surface area (Å²) in [6, 6.07) is 3.38. The van der Waals surface area contributed by atoms with Gasteiger partial charge in [-0.2, -0.15) is 23.0 Å². The van der Waals surface area contributed by atoms with Crippen LogP contribution in [0.3, 0.4) is 0 Å². The van der Waals surface area contributed by atoms with Crippen molar-refractivity contribution in [3.05, 3.63) is 58.5 Å². The number of amides is 1. The first-order chi connectivity index (χ1) is 16.2. The first-order valence-corrected chi connectivity index (χ1v) is 10.6. The molecule has 0 radical (unpaired) electrons. The first kappa shape index (κ1) is 23.5. The number of hydrogen-bond acceptors (Lipinski definition) is 8. The summed E-state index contributed by atoms with van der Waals surface area (Å²) in [5.74, 6) is 1.30. The summed E-state index contributed by atoms with van der Waals surface area (Å²) in [4.78, 5) is 21.9. The summed E-state index contributed by atoms with van der Waals surface area (Å²) in [6.07, 6.45) is -1.59. The normalized spacial score (nSPS) is 15.4. The number of aryl methyl sites for hydroxylation is 2. The Hall–Kier alpha value is -3.61. The van der Waals surface area contributed by atoms with Gasteiger partial charge in [-0.1, -0.05) is 11.2 Å². The molecule has 180 valence electrons. The third-order valence-electron chi connectivity index (χ3n) is 5.35. The van der Waals surface area contributed by atoms with Gasteiger partial charge in [-0.3, -0.25) is 9.69 Å². The van der Waals surface area contributed by atoms with E-state index in [0.717, 1.165) is 12.1 Å². The zero-order chi connectivity index (χ0) is 24.3. The zero-order valence-corrected chi connectivity index (χ0v) is 18.7. The smallest absolute Gasteiger partial charge is 0.338 e. The van der Waals surface area contributed by atoms with E-state index in [9.17, 15) is 18.0 Å². The predicted molar refractivity (Wildman–Crippen MR) is 113 cm³/mol. The van der Waals surface area contributed by atoms with Crippen LogP contribution in [0.5, 0.6) is 0 Å². The number of nitrogens with zero attached hydrogens (tertiary/aromatic N) is 8. The van der Waals surface area contributed by atoms with E-state index in [1.807, 2.05) is 0 Å². The van der Waals surface area contributed by atoms with Crippen LogP contribution in [0.25, 0.3) is 6.08 Å². The highest BCUT2D eigenvalue weighted by Crippen LogP contribution is 2.31. The number of aromatic nitrogens is 6. The Morgan fingerprint density at radius 2 is 1.88 bits per heavy atom. The molecule has 0 atom stereocenters. The number of carbonyl (C=O) groups excluding carboxylic acids is 1. The summed E-state index contributed by atoms with van der Waals surface area (Å²) in [5.41, 5.74) is 0.0213. The van der Waals surface area contributed by atoms with Gasteiger partial charge in [0.15, 0.2) is 11.6 Å². The molecule has 1 aliphatic rings. The molecular formula is C21H23F3N8O2. The maximum atomic E-state index is 13.2. The van der Waals surface area contributed by atoms with Gasteiger partial charge in [-0.05, 0) is 48.4 Å².